The van der Waals surface area contributed by atoms with Crippen molar-refractivity contribution < 1.29 is 10.0 Å². The molecule has 0 fully saturated rings. The van der Waals surface area contributed by atoms with Crippen molar-refractivity contribution in [2.45, 2.75) is 26.3 Å². The molecule has 6 nitrogen and oxygen atoms in total. The predicted octanol–water partition coefficient (Wildman–Crippen LogP) is 2.24. The lowest BCUT2D eigenvalue weighted by Crippen LogP contribution is -2.39. The summed E-state index contributed by atoms with van der Waals surface area (Å²) in [5.41, 5.74) is 5.74. The lowest BCUT2D eigenvalue weighted by Gasteiger charge is -2.30. The van der Waals surface area contributed by atoms with E-state index in [9.17, 15) is 10.0 Å². The minimum absolute atomic E-state index is 0.338. The Morgan fingerprint density at radius 1 is 1.24 bits per heavy atom. The highest BCUT2D eigenvalue weighted by molar-refractivity contribution is 5.99. The molecule has 0 atom stereocenters. The first-order chi connectivity index (χ1) is 9.80. The summed E-state index contributed by atoms with van der Waals surface area (Å²) in [4.78, 5) is 19.9. The van der Waals surface area contributed by atoms with Gasteiger partial charge >= 0.3 is 0 Å². The molecule has 1 aromatic carbocycles. The highest BCUT2D eigenvalue weighted by atomic mass is 16.5. The first kappa shape index (κ1) is 14.9. The Balaban J connectivity index is 2.50. The van der Waals surface area contributed by atoms with Gasteiger partial charge in [0.1, 0.15) is 0 Å². The van der Waals surface area contributed by atoms with Gasteiger partial charge in [-0.25, -0.2) is 15.0 Å². The molecule has 3 N–H and O–H groups in total. The van der Waals surface area contributed by atoms with E-state index in [2.05, 4.69) is 9.97 Å². The first-order valence-corrected chi connectivity index (χ1v) is 6.52. The van der Waals surface area contributed by atoms with E-state index >= 15 is 0 Å². The van der Waals surface area contributed by atoms with E-state index in [4.69, 9.17) is 5.73 Å². The Morgan fingerprint density at radius 2 is 1.90 bits per heavy atom. The minimum atomic E-state index is -0.545. The zero-order chi connectivity index (χ0) is 15.6. The summed E-state index contributed by atoms with van der Waals surface area (Å²) in [7, 11) is 0. The molecule has 0 saturated heterocycles. The Labute approximate surface area is 123 Å². The Hall–Kier alpha value is -2.47. The largest absolute Gasteiger partial charge is 0.366 e. The van der Waals surface area contributed by atoms with Crippen LogP contribution in [-0.4, -0.2) is 26.6 Å². The monoisotopic (exact) mass is 286 g/mol. The van der Waals surface area contributed by atoms with Gasteiger partial charge < -0.3 is 5.73 Å². The number of amides is 1. The Morgan fingerprint density at radius 3 is 2.52 bits per heavy atom. The molecule has 1 amide bonds. The summed E-state index contributed by atoms with van der Waals surface area (Å²) in [6, 6.07) is 8.44. The summed E-state index contributed by atoms with van der Waals surface area (Å²) in [5, 5.41) is 11.2. The van der Waals surface area contributed by atoms with E-state index < -0.39 is 11.4 Å². The van der Waals surface area contributed by atoms with Crippen molar-refractivity contribution in [3.05, 3.63) is 42.1 Å². The second-order valence-corrected chi connectivity index (χ2v) is 5.63. The maximum Gasteiger partial charge on any atom is 0.249 e. The molecular weight excluding hydrogens is 268 g/mol. The number of hydroxylamine groups is 1. The van der Waals surface area contributed by atoms with Gasteiger partial charge in [-0.05, 0) is 26.8 Å². The molecule has 2 rings (SSSR count). The van der Waals surface area contributed by atoms with Gasteiger partial charge in [0.05, 0.1) is 11.1 Å². The van der Waals surface area contributed by atoms with Crippen LogP contribution >= 0.6 is 0 Å². The summed E-state index contributed by atoms with van der Waals surface area (Å²) < 4.78 is 0. The molecule has 1 aromatic heterocycles. The van der Waals surface area contributed by atoms with Crippen LogP contribution in [0, 0.1) is 0 Å². The van der Waals surface area contributed by atoms with Crippen LogP contribution in [-0.2, 0) is 0 Å². The molecule has 0 unspecified atom stereocenters. The number of carbonyl (C=O) groups excluding carboxylic acids is 1. The van der Waals surface area contributed by atoms with Gasteiger partial charge in [0.25, 0.3) is 0 Å². The summed E-state index contributed by atoms with van der Waals surface area (Å²) in [6.07, 6.45) is 1.53. The van der Waals surface area contributed by atoms with Crippen molar-refractivity contribution in [1.82, 2.24) is 9.97 Å². The maximum absolute atomic E-state index is 11.5. The van der Waals surface area contributed by atoms with Gasteiger partial charge in [-0.1, -0.05) is 18.2 Å². The van der Waals surface area contributed by atoms with Gasteiger partial charge in [0.2, 0.25) is 5.91 Å². The van der Waals surface area contributed by atoms with Gasteiger partial charge in [-0.15, -0.1) is 0 Å². The van der Waals surface area contributed by atoms with Crippen molar-refractivity contribution in [3.8, 4) is 11.4 Å². The van der Waals surface area contributed by atoms with E-state index in [0.29, 0.717) is 22.8 Å². The number of carbonyl (C=O) groups is 1. The molecule has 0 aliphatic rings. The average molecular weight is 286 g/mol. The number of anilines is 1. The number of primary amides is 1. The van der Waals surface area contributed by atoms with E-state index in [1.807, 2.05) is 20.8 Å². The number of hydrogen-bond donors (Lipinski definition) is 2. The topological polar surface area (TPSA) is 92.3 Å². The second kappa shape index (κ2) is 5.49. The number of hydrogen-bond acceptors (Lipinski definition) is 5. The highest BCUT2D eigenvalue weighted by Crippen LogP contribution is 2.24. The first-order valence-electron chi connectivity index (χ1n) is 6.52. The number of aromatic nitrogens is 2. The Kier molecular flexibility index (Phi) is 3.90. The normalized spacial score (nSPS) is 11.2. The van der Waals surface area contributed by atoms with Crippen molar-refractivity contribution in [1.29, 1.82) is 0 Å². The molecule has 0 aliphatic carbocycles. The molecule has 6 heteroatoms. The van der Waals surface area contributed by atoms with Crippen molar-refractivity contribution in [3.63, 3.8) is 0 Å². The molecule has 110 valence electrons. The van der Waals surface area contributed by atoms with Gasteiger partial charge in [-0.2, -0.15) is 0 Å². The third-order valence-corrected chi connectivity index (χ3v) is 2.93. The van der Waals surface area contributed by atoms with E-state index in [1.54, 1.807) is 30.3 Å². The average Bonchev–Trinajstić information content (AvgIpc) is 2.45. The van der Waals surface area contributed by atoms with Crippen LogP contribution in [0.2, 0.25) is 0 Å². The number of benzene rings is 1. The number of rotatable bonds is 3. The number of nitrogens with two attached hydrogens (primary N) is 1. The molecule has 2 aromatic rings. The quantitative estimate of drug-likeness (QED) is 0.844. The smallest absolute Gasteiger partial charge is 0.249 e. The molecule has 0 radical (unpaired) electrons. The zero-order valence-corrected chi connectivity index (χ0v) is 12.2. The fourth-order valence-electron chi connectivity index (χ4n) is 1.83. The number of nitrogens with zero attached hydrogens (tertiary/aromatic N) is 3. The van der Waals surface area contributed by atoms with Crippen LogP contribution in [0.15, 0.2) is 36.5 Å². The SMILES string of the molecule is CC(C)(C)N(O)c1ccnc(-c2ccccc2C(N)=O)n1. The molecule has 0 saturated carbocycles. The van der Waals surface area contributed by atoms with Crippen molar-refractivity contribution in [2.75, 3.05) is 5.06 Å². The van der Waals surface area contributed by atoms with Gasteiger partial charge in [0, 0.05) is 17.8 Å². The lowest BCUT2D eigenvalue weighted by molar-refractivity contribution is 0.100. The van der Waals surface area contributed by atoms with Crippen LogP contribution < -0.4 is 10.8 Å². The third kappa shape index (κ3) is 3.17. The fraction of sp³-hybridized carbons (Fsp3) is 0.267. The van der Waals surface area contributed by atoms with Crippen molar-refractivity contribution in [2.24, 2.45) is 5.73 Å². The fourth-order valence-corrected chi connectivity index (χ4v) is 1.83. The third-order valence-electron chi connectivity index (χ3n) is 2.93. The van der Waals surface area contributed by atoms with Crippen LogP contribution in [0.3, 0.4) is 0 Å². The molecule has 21 heavy (non-hydrogen) atoms. The van der Waals surface area contributed by atoms with Crippen LogP contribution in [0.4, 0.5) is 5.82 Å². The summed E-state index contributed by atoms with van der Waals surface area (Å²) in [6.45, 7) is 5.56. The molecular formula is C15H18N4O2. The standard InChI is InChI=1S/C15H18N4O2/c1-15(2,3)19(21)12-8-9-17-14(18-12)11-7-5-4-6-10(11)13(16)20/h4-9,21H,1-3H3,(H2,16,20). The van der Waals surface area contributed by atoms with Gasteiger partial charge in [0.15, 0.2) is 11.6 Å². The van der Waals surface area contributed by atoms with E-state index in [-0.39, 0.29) is 0 Å². The minimum Gasteiger partial charge on any atom is -0.366 e. The highest BCUT2D eigenvalue weighted by Gasteiger charge is 2.22. The molecule has 1 heterocycles. The van der Waals surface area contributed by atoms with E-state index in [1.165, 1.54) is 6.20 Å². The van der Waals surface area contributed by atoms with Gasteiger partial charge in [-0.3, -0.25) is 10.0 Å². The van der Waals surface area contributed by atoms with Crippen LogP contribution in [0.5, 0.6) is 0 Å². The summed E-state index contributed by atoms with van der Waals surface area (Å²) >= 11 is 0. The predicted molar refractivity (Wildman–Crippen MR) is 80.0 cm³/mol. The summed E-state index contributed by atoms with van der Waals surface area (Å²) in [5.74, 6) is 0.147. The zero-order valence-electron chi connectivity index (χ0n) is 12.2. The van der Waals surface area contributed by atoms with Crippen LogP contribution in [0.25, 0.3) is 11.4 Å². The lowest BCUT2D eigenvalue weighted by atomic mass is 10.1. The maximum atomic E-state index is 11.5. The molecule has 0 spiro atoms. The Bertz CT molecular complexity index is 665. The molecule has 0 bridgehead atoms. The second-order valence-electron chi connectivity index (χ2n) is 5.63. The van der Waals surface area contributed by atoms with Crippen molar-refractivity contribution >= 4 is 11.7 Å². The van der Waals surface area contributed by atoms with E-state index in [0.717, 1.165) is 5.06 Å². The molecule has 0 aliphatic heterocycles. The van der Waals surface area contributed by atoms with Crippen LogP contribution in [0.1, 0.15) is 31.1 Å².